The molecule has 4 aromatic rings. The minimum Gasteiger partial charge on any atom is -0.325 e. The number of aromatic nitrogens is 2. The lowest BCUT2D eigenvalue weighted by Gasteiger charge is -2.18. The van der Waals surface area contributed by atoms with E-state index in [1.165, 1.54) is 0 Å². The van der Waals surface area contributed by atoms with Gasteiger partial charge in [-0.25, -0.2) is 4.79 Å². The van der Waals surface area contributed by atoms with E-state index in [9.17, 15) is 9.59 Å². The van der Waals surface area contributed by atoms with Crippen molar-refractivity contribution in [1.82, 2.24) is 15.3 Å². The van der Waals surface area contributed by atoms with Crippen LogP contribution in [0.2, 0.25) is 0 Å². The van der Waals surface area contributed by atoms with Gasteiger partial charge in [-0.05, 0) is 35.2 Å². The summed E-state index contributed by atoms with van der Waals surface area (Å²) in [5, 5.41) is 8.22. The maximum atomic E-state index is 12.4. The van der Waals surface area contributed by atoms with Crippen molar-refractivity contribution in [3.05, 3.63) is 87.0 Å². The van der Waals surface area contributed by atoms with Crippen LogP contribution in [-0.4, -0.2) is 22.4 Å². The van der Waals surface area contributed by atoms with Crippen LogP contribution in [0.25, 0.3) is 11.0 Å². The van der Waals surface area contributed by atoms with Gasteiger partial charge in [0.05, 0.1) is 23.6 Å². The summed E-state index contributed by atoms with van der Waals surface area (Å²) in [5.41, 5.74) is 2.84. The summed E-state index contributed by atoms with van der Waals surface area (Å²) in [6, 6.07) is 19.3. The van der Waals surface area contributed by atoms with E-state index in [4.69, 9.17) is 0 Å². The number of hydrogen-bond donors (Lipinski definition) is 4. The second-order valence-electron chi connectivity index (χ2n) is 6.13. The van der Waals surface area contributed by atoms with Gasteiger partial charge in [0.15, 0.2) is 0 Å². The Morgan fingerprint density at radius 2 is 1.81 bits per heavy atom. The molecule has 0 radical (unpaired) electrons. The highest BCUT2D eigenvalue weighted by molar-refractivity contribution is 7.10. The Morgan fingerprint density at radius 3 is 2.59 bits per heavy atom. The molecule has 2 aromatic carbocycles. The van der Waals surface area contributed by atoms with Crippen LogP contribution in [0.4, 0.5) is 5.69 Å². The Balaban J connectivity index is 1.45. The molecule has 4 N–H and O–H groups in total. The van der Waals surface area contributed by atoms with Gasteiger partial charge in [-0.1, -0.05) is 36.4 Å². The number of rotatable bonds is 6. The molecule has 0 aliphatic rings. The van der Waals surface area contributed by atoms with E-state index in [1.807, 2.05) is 41.8 Å². The number of anilines is 1. The minimum atomic E-state index is -0.267. The quantitative estimate of drug-likeness (QED) is 0.415. The number of carbonyl (C=O) groups is 1. The van der Waals surface area contributed by atoms with E-state index in [0.29, 0.717) is 16.7 Å². The normalized spacial score (nSPS) is 12.1. The molecule has 6 nitrogen and oxygen atoms in total. The molecule has 0 bridgehead atoms. The maximum Gasteiger partial charge on any atom is 0.323 e. The number of aromatic amines is 2. The molecule has 2 heterocycles. The zero-order valence-electron chi connectivity index (χ0n) is 14.4. The van der Waals surface area contributed by atoms with Crippen molar-refractivity contribution in [1.29, 1.82) is 0 Å². The SMILES string of the molecule is O=C(CNC(c1ccccc1)c1cccs1)Nc1ccc2[nH]c(=O)[nH]c2c1. The van der Waals surface area contributed by atoms with Crippen LogP contribution in [-0.2, 0) is 4.79 Å². The number of hydrogen-bond acceptors (Lipinski definition) is 4. The number of benzene rings is 2. The first kappa shape index (κ1) is 17.3. The molecule has 1 unspecified atom stereocenters. The predicted octanol–water partition coefficient (Wildman–Crippen LogP) is 3.24. The second-order valence-corrected chi connectivity index (χ2v) is 7.11. The fraction of sp³-hybridized carbons (Fsp3) is 0.100. The molecular weight excluding hydrogens is 360 g/mol. The largest absolute Gasteiger partial charge is 0.325 e. The number of nitrogens with one attached hydrogen (secondary N) is 4. The van der Waals surface area contributed by atoms with Gasteiger partial charge in [0, 0.05) is 10.6 Å². The summed E-state index contributed by atoms with van der Waals surface area (Å²) in [7, 11) is 0. The van der Waals surface area contributed by atoms with Crippen molar-refractivity contribution < 1.29 is 4.79 Å². The van der Waals surface area contributed by atoms with E-state index in [0.717, 1.165) is 10.4 Å². The summed E-state index contributed by atoms with van der Waals surface area (Å²) in [5.74, 6) is -0.148. The first-order valence-corrected chi connectivity index (χ1v) is 9.40. The zero-order chi connectivity index (χ0) is 18.6. The number of H-pyrrole nitrogens is 2. The molecule has 4 rings (SSSR count). The Hall–Kier alpha value is -3.16. The molecule has 1 atom stereocenters. The van der Waals surface area contributed by atoms with Gasteiger partial charge in [-0.3, -0.25) is 10.1 Å². The number of thiophene rings is 1. The third-order valence-electron chi connectivity index (χ3n) is 4.23. The Bertz CT molecular complexity index is 1100. The van der Waals surface area contributed by atoms with Gasteiger partial charge >= 0.3 is 5.69 Å². The van der Waals surface area contributed by atoms with E-state index in [-0.39, 0.29) is 24.2 Å². The molecule has 0 aliphatic carbocycles. The van der Waals surface area contributed by atoms with Crippen LogP contribution in [0.3, 0.4) is 0 Å². The molecule has 0 saturated heterocycles. The highest BCUT2D eigenvalue weighted by Gasteiger charge is 2.16. The van der Waals surface area contributed by atoms with Crippen molar-refractivity contribution in [3.8, 4) is 0 Å². The molecule has 0 aliphatic heterocycles. The van der Waals surface area contributed by atoms with Crippen LogP contribution < -0.4 is 16.3 Å². The highest BCUT2D eigenvalue weighted by atomic mass is 32.1. The molecule has 1 amide bonds. The number of imidazole rings is 1. The lowest BCUT2D eigenvalue weighted by Crippen LogP contribution is -2.31. The molecule has 0 spiro atoms. The maximum absolute atomic E-state index is 12.4. The fourth-order valence-corrected chi connectivity index (χ4v) is 3.82. The van der Waals surface area contributed by atoms with Crippen LogP contribution in [0, 0.1) is 0 Å². The van der Waals surface area contributed by atoms with Crippen molar-refractivity contribution in [3.63, 3.8) is 0 Å². The van der Waals surface area contributed by atoms with Gasteiger partial charge in [0.1, 0.15) is 0 Å². The Kier molecular flexibility index (Phi) is 4.86. The first-order valence-electron chi connectivity index (χ1n) is 8.53. The number of amides is 1. The molecular formula is C20H18N4O2S. The molecule has 2 aromatic heterocycles. The number of fused-ring (bicyclic) bond motifs is 1. The highest BCUT2D eigenvalue weighted by Crippen LogP contribution is 2.25. The van der Waals surface area contributed by atoms with Crippen molar-refractivity contribution in [2.75, 3.05) is 11.9 Å². The summed E-state index contributed by atoms with van der Waals surface area (Å²) < 4.78 is 0. The lowest BCUT2D eigenvalue weighted by atomic mass is 10.1. The third kappa shape index (κ3) is 3.99. The van der Waals surface area contributed by atoms with Crippen molar-refractivity contribution in [2.45, 2.75) is 6.04 Å². The van der Waals surface area contributed by atoms with Crippen LogP contribution in [0.5, 0.6) is 0 Å². The molecule has 27 heavy (non-hydrogen) atoms. The van der Waals surface area contributed by atoms with Gasteiger partial charge in [0.25, 0.3) is 0 Å². The average Bonchev–Trinajstić information content (AvgIpc) is 3.31. The Labute approximate surface area is 159 Å². The fourth-order valence-electron chi connectivity index (χ4n) is 2.99. The van der Waals surface area contributed by atoms with Crippen molar-refractivity contribution >= 4 is 34.0 Å². The standard InChI is InChI=1S/C20H18N4O2S/c25-18(22-14-8-9-15-16(11-14)24-20(26)23-15)12-21-19(17-7-4-10-27-17)13-5-2-1-3-6-13/h1-11,19,21H,12H2,(H,22,25)(H2,23,24,26). The predicted molar refractivity (Wildman–Crippen MR) is 108 cm³/mol. The van der Waals surface area contributed by atoms with Gasteiger partial charge in [-0.15, -0.1) is 11.3 Å². The van der Waals surface area contributed by atoms with Gasteiger partial charge in [-0.2, -0.15) is 0 Å². The van der Waals surface area contributed by atoms with Gasteiger partial charge < -0.3 is 15.3 Å². The molecule has 0 fully saturated rings. The first-order chi connectivity index (χ1) is 13.2. The number of carbonyl (C=O) groups excluding carboxylic acids is 1. The van der Waals surface area contributed by atoms with E-state index < -0.39 is 0 Å². The molecule has 136 valence electrons. The lowest BCUT2D eigenvalue weighted by molar-refractivity contribution is -0.115. The summed E-state index contributed by atoms with van der Waals surface area (Å²) in [4.78, 5) is 30.3. The summed E-state index contributed by atoms with van der Waals surface area (Å²) >= 11 is 1.65. The van der Waals surface area contributed by atoms with Gasteiger partial charge in [0.2, 0.25) is 5.91 Å². The smallest absolute Gasteiger partial charge is 0.323 e. The Morgan fingerprint density at radius 1 is 1.00 bits per heavy atom. The molecule has 0 saturated carbocycles. The zero-order valence-corrected chi connectivity index (χ0v) is 15.2. The molecule has 7 heteroatoms. The van der Waals surface area contributed by atoms with Crippen LogP contribution >= 0.6 is 11.3 Å². The van der Waals surface area contributed by atoms with E-state index in [1.54, 1.807) is 29.5 Å². The average molecular weight is 378 g/mol. The second kappa shape index (κ2) is 7.61. The summed E-state index contributed by atoms with van der Waals surface area (Å²) in [6.07, 6.45) is 0. The third-order valence-corrected chi connectivity index (χ3v) is 5.16. The van der Waals surface area contributed by atoms with Crippen LogP contribution in [0.15, 0.2) is 70.8 Å². The van der Waals surface area contributed by atoms with E-state index in [2.05, 4.69) is 26.7 Å². The van der Waals surface area contributed by atoms with Crippen molar-refractivity contribution in [2.24, 2.45) is 0 Å². The van der Waals surface area contributed by atoms with E-state index >= 15 is 0 Å². The van der Waals surface area contributed by atoms with Crippen LogP contribution in [0.1, 0.15) is 16.5 Å². The monoisotopic (exact) mass is 378 g/mol. The minimum absolute atomic E-state index is 0.0412. The summed E-state index contributed by atoms with van der Waals surface area (Å²) in [6.45, 7) is 0.166. The topological polar surface area (TPSA) is 89.8 Å².